The van der Waals surface area contributed by atoms with Crippen molar-refractivity contribution in [3.63, 3.8) is 0 Å². The number of nitrogens with zero attached hydrogens (tertiary/aromatic N) is 5. The minimum absolute atomic E-state index is 0.451. The highest BCUT2D eigenvalue weighted by Crippen LogP contribution is 2.06. The van der Waals surface area contributed by atoms with Crippen LogP contribution >= 0.6 is 11.6 Å². The fourth-order valence-corrected chi connectivity index (χ4v) is 1.37. The number of aryl methyl sites for hydroxylation is 1. The predicted molar refractivity (Wildman–Crippen MR) is 50.9 cm³/mol. The molecule has 0 atom stereocenters. The summed E-state index contributed by atoms with van der Waals surface area (Å²) in [5.41, 5.74) is 0.847. The zero-order chi connectivity index (χ0) is 9.97. The van der Waals surface area contributed by atoms with Gasteiger partial charge in [0.2, 0.25) is 0 Å². The van der Waals surface area contributed by atoms with E-state index < -0.39 is 0 Å². The average Bonchev–Trinajstić information content (AvgIpc) is 2.54. The van der Waals surface area contributed by atoms with Gasteiger partial charge in [0.05, 0.1) is 0 Å². The molecule has 2 rings (SSSR count). The quantitative estimate of drug-likeness (QED) is 0.695. The fourth-order valence-electron chi connectivity index (χ4n) is 1.12. The van der Waals surface area contributed by atoms with Gasteiger partial charge in [0.25, 0.3) is 0 Å². The van der Waals surface area contributed by atoms with E-state index in [1.165, 1.54) is 6.33 Å². The molecule has 0 spiro atoms. The van der Waals surface area contributed by atoms with E-state index >= 15 is 0 Å². The van der Waals surface area contributed by atoms with Crippen LogP contribution in [-0.2, 0) is 6.54 Å². The van der Waals surface area contributed by atoms with Gasteiger partial charge in [-0.1, -0.05) is 11.6 Å². The Hall–Kier alpha value is -1.49. The number of hydrogen-bond acceptors (Lipinski definition) is 4. The molecule has 0 bridgehead atoms. The summed E-state index contributed by atoms with van der Waals surface area (Å²) >= 11 is 5.79. The maximum atomic E-state index is 5.79. The van der Waals surface area contributed by atoms with Gasteiger partial charge in [-0.25, -0.2) is 19.6 Å². The van der Waals surface area contributed by atoms with Gasteiger partial charge in [0.15, 0.2) is 5.82 Å². The number of halogens is 1. The lowest BCUT2D eigenvalue weighted by Crippen LogP contribution is -2.05. The molecular weight excluding hydrogens is 202 g/mol. The van der Waals surface area contributed by atoms with Crippen LogP contribution in [-0.4, -0.2) is 24.7 Å². The summed E-state index contributed by atoms with van der Waals surface area (Å²) in [5.74, 6) is 0.639. The number of hydrogen-bond donors (Lipinski definition) is 0. The Morgan fingerprint density at radius 1 is 1.43 bits per heavy atom. The summed E-state index contributed by atoms with van der Waals surface area (Å²) in [4.78, 5) is 12.1. The minimum Gasteiger partial charge on any atom is -0.245 e. The monoisotopic (exact) mass is 209 g/mol. The van der Waals surface area contributed by atoms with Gasteiger partial charge in [0.1, 0.15) is 24.4 Å². The number of aromatic nitrogens is 5. The SMILES string of the molecule is Cc1cc(Cl)nc(Cn2cncn2)n1. The summed E-state index contributed by atoms with van der Waals surface area (Å²) in [6, 6.07) is 1.71. The van der Waals surface area contributed by atoms with E-state index in [4.69, 9.17) is 11.6 Å². The van der Waals surface area contributed by atoms with Gasteiger partial charge in [0, 0.05) is 5.69 Å². The molecule has 72 valence electrons. The highest BCUT2D eigenvalue weighted by Gasteiger charge is 2.01. The van der Waals surface area contributed by atoms with Crippen molar-refractivity contribution in [2.45, 2.75) is 13.5 Å². The van der Waals surface area contributed by atoms with Crippen LogP contribution < -0.4 is 0 Å². The Balaban J connectivity index is 2.25. The van der Waals surface area contributed by atoms with E-state index in [1.54, 1.807) is 17.1 Å². The smallest absolute Gasteiger partial charge is 0.151 e. The summed E-state index contributed by atoms with van der Waals surface area (Å²) < 4.78 is 1.64. The summed E-state index contributed by atoms with van der Waals surface area (Å²) in [6.07, 6.45) is 3.08. The van der Waals surface area contributed by atoms with Crippen molar-refractivity contribution >= 4 is 11.6 Å². The lowest BCUT2D eigenvalue weighted by atomic mass is 10.4. The van der Waals surface area contributed by atoms with Gasteiger partial charge in [-0.3, -0.25) is 0 Å². The Bertz CT molecular complexity index is 405. The highest BCUT2D eigenvalue weighted by molar-refractivity contribution is 6.29. The maximum Gasteiger partial charge on any atom is 0.151 e. The van der Waals surface area contributed by atoms with Crippen LogP contribution in [0.1, 0.15) is 11.5 Å². The molecular formula is C8H8ClN5. The van der Waals surface area contributed by atoms with Crippen LogP contribution in [0.5, 0.6) is 0 Å². The van der Waals surface area contributed by atoms with Gasteiger partial charge in [-0.05, 0) is 13.0 Å². The Morgan fingerprint density at radius 2 is 2.29 bits per heavy atom. The average molecular weight is 210 g/mol. The molecule has 6 heteroatoms. The van der Waals surface area contributed by atoms with Crippen molar-refractivity contribution < 1.29 is 0 Å². The predicted octanol–water partition coefficient (Wildman–Crippen LogP) is 1.08. The van der Waals surface area contributed by atoms with Gasteiger partial charge in [-0.15, -0.1) is 0 Å². The third kappa shape index (κ3) is 2.05. The normalized spacial score (nSPS) is 10.4. The summed E-state index contributed by atoms with van der Waals surface area (Å²) in [7, 11) is 0. The molecule has 0 radical (unpaired) electrons. The van der Waals surface area contributed by atoms with Gasteiger partial charge >= 0.3 is 0 Å². The lowest BCUT2D eigenvalue weighted by molar-refractivity contribution is 0.651. The molecule has 0 unspecified atom stereocenters. The van der Waals surface area contributed by atoms with E-state index in [2.05, 4.69) is 20.1 Å². The number of rotatable bonds is 2. The molecule has 0 aromatic carbocycles. The Kier molecular flexibility index (Phi) is 2.41. The molecule has 0 N–H and O–H groups in total. The molecule has 2 aromatic rings. The Labute approximate surface area is 85.8 Å². The summed E-state index contributed by atoms with van der Waals surface area (Å²) in [6.45, 7) is 2.36. The first kappa shape index (κ1) is 9.08. The summed E-state index contributed by atoms with van der Waals surface area (Å²) in [5, 5.41) is 4.40. The molecule has 0 saturated heterocycles. The topological polar surface area (TPSA) is 56.5 Å². The van der Waals surface area contributed by atoms with E-state index in [0.717, 1.165) is 5.69 Å². The van der Waals surface area contributed by atoms with E-state index in [-0.39, 0.29) is 0 Å². The maximum absolute atomic E-state index is 5.79. The van der Waals surface area contributed by atoms with Crippen molar-refractivity contribution in [2.24, 2.45) is 0 Å². The van der Waals surface area contributed by atoms with E-state index in [9.17, 15) is 0 Å². The van der Waals surface area contributed by atoms with Crippen LogP contribution in [0, 0.1) is 6.92 Å². The van der Waals surface area contributed by atoms with Crippen LogP contribution in [0.15, 0.2) is 18.7 Å². The van der Waals surface area contributed by atoms with Crippen molar-refractivity contribution in [1.29, 1.82) is 0 Å². The fraction of sp³-hybridized carbons (Fsp3) is 0.250. The molecule has 0 aliphatic heterocycles. The molecule has 14 heavy (non-hydrogen) atoms. The molecule has 0 fully saturated rings. The third-order valence-corrected chi connectivity index (χ3v) is 1.83. The van der Waals surface area contributed by atoms with Crippen LogP contribution in [0.4, 0.5) is 0 Å². The molecule has 0 saturated carbocycles. The largest absolute Gasteiger partial charge is 0.245 e. The van der Waals surface area contributed by atoms with E-state index in [0.29, 0.717) is 17.5 Å². The minimum atomic E-state index is 0.451. The van der Waals surface area contributed by atoms with Crippen molar-refractivity contribution in [3.05, 3.63) is 35.4 Å². The molecule has 5 nitrogen and oxygen atoms in total. The van der Waals surface area contributed by atoms with Crippen LogP contribution in [0.25, 0.3) is 0 Å². The van der Waals surface area contributed by atoms with Crippen LogP contribution in [0.2, 0.25) is 5.15 Å². The molecule has 2 heterocycles. The zero-order valence-corrected chi connectivity index (χ0v) is 8.31. The van der Waals surface area contributed by atoms with Gasteiger partial charge in [-0.2, -0.15) is 5.10 Å². The first-order chi connectivity index (χ1) is 6.74. The first-order valence-electron chi connectivity index (χ1n) is 4.06. The third-order valence-electron chi connectivity index (χ3n) is 1.64. The van der Waals surface area contributed by atoms with Crippen LogP contribution in [0.3, 0.4) is 0 Å². The van der Waals surface area contributed by atoms with Crippen molar-refractivity contribution in [1.82, 2.24) is 24.7 Å². The lowest BCUT2D eigenvalue weighted by Gasteiger charge is -2.01. The van der Waals surface area contributed by atoms with Crippen molar-refractivity contribution in [3.8, 4) is 0 Å². The molecule has 0 amide bonds. The molecule has 0 aliphatic carbocycles. The highest BCUT2D eigenvalue weighted by atomic mass is 35.5. The Morgan fingerprint density at radius 3 is 2.93 bits per heavy atom. The van der Waals surface area contributed by atoms with Gasteiger partial charge < -0.3 is 0 Å². The first-order valence-corrected chi connectivity index (χ1v) is 4.44. The van der Waals surface area contributed by atoms with E-state index in [1.807, 2.05) is 6.92 Å². The second-order valence-corrected chi connectivity index (χ2v) is 3.23. The zero-order valence-electron chi connectivity index (χ0n) is 7.55. The molecule has 2 aromatic heterocycles. The molecule has 0 aliphatic rings. The second-order valence-electron chi connectivity index (χ2n) is 2.84. The standard InChI is InChI=1S/C8H8ClN5/c1-6-2-7(9)13-8(12-6)3-14-5-10-4-11-14/h2,4-5H,3H2,1H3. The second kappa shape index (κ2) is 3.71. The van der Waals surface area contributed by atoms with Crippen molar-refractivity contribution in [2.75, 3.05) is 0 Å².